The maximum Gasteiger partial charge on any atom is 0.261 e. The van der Waals surface area contributed by atoms with Crippen LogP contribution in [0.2, 0.25) is 0 Å². The lowest BCUT2D eigenvalue weighted by atomic mass is 10.1. The highest BCUT2D eigenvalue weighted by Gasteiger charge is 2.17. The third kappa shape index (κ3) is 4.56. The number of anilines is 1. The first-order valence-corrected chi connectivity index (χ1v) is 12.6. The van der Waals surface area contributed by atoms with Gasteiger partial charge in [0.15, 0.2) is 4.96 Å². The Balaban J connectivity index is 1.16. The number of benzene rings is 2. The molecule has 8 heteroatoms. The summed E-state index contributed by atoms with van der Waals surface area (Å²) in [5, 5.41) is 2.98. The summed E-state index contributed by atoms with van der Waals surface area (Å²) in [6.45, 7) is 9.65. The van der Waals surface area contributed by atoms with E-state index in [0.29, 0.717) is 16.4 Å². The minimum atomic E-state index is -0.221. The van der Waals surface area contributed by atoms with Gasteiger partial charge in [0.1, 0.15) is 4.88 Å². The summed E-state index contributed by atoms with van der Waals surface area (Å²) in [5.41, 5.74) is 4.87. The van der Waals surface area contributed by atoms with Gasteiger partial charge in [0.2, 0.25) is 0 Å². The summed E-state index contributed by atoms with van der Waals surface area (Å²) >= 11 is 1.25. The Morgan fingerprint density at radius 2 is 1.76 bits per heavy atom. The van der Waals surface area contributed by atoms with Gasteiger partial charge in [-0.3, -0.25) is 18.9 Å². The van der Waals surface area contributed by atoms with Crippen molar-refractivity contribution in [2.75, 3.05) is 44.2 Å². The average Bonchev–Trinajstić information content (AvgIpc) is 3.20. The Morgan fingerprint density at radius 1 is 1.03 bits per heavy atom. The molecule has 0 bridgehead atoms. The number of nitrogens with one attached hydrogen (secondary N) is 1. The Morgan fingerprint density at radius 3 is 2.53 bits per heavy atom. The van der Waals surface area contributed by atoms with Crippen molar-refractivity contribution in [3.05, 3.63) is 74.9 Å². The van der Waals surface area contributed by atoms with Crippen molar-refractivity contribution in [3.8, 4) is 0 Å². The van der Waals surface area contributed by atoms with E-state index in [1.807, 2.05) is 32.0 Å². The molecule has 7 nitrogen and oxygen atoms in total. The van der Waals surface area contributed by atoms with E-state index in [1.165, 1.54) is 23.1 Å². The molecule has 2 aromatic carbocycles. The van der Waals surface area contributed by atoms with Crippen LogP contribution in [0.15, 0.2) is 53.3 Å². The number of hydrogen-bond donors (Lipinski definition) is 1. The summed E-state index contributed by atoms with van der Waals surface area (Å²) in [6, 6.07) is 15.9. The fraction of sp³-hybridized carbons (Fsp3) is 0.346. The van der Waals surface area contributed by atoms with Crippen molar-refractivity contribution in [1.29, 1.82) is 0 Å². The molecule has 1 saturated heterocycles. The monoisotopic (exact) mass is 475 g/mol. The summed E-state index contributed by atoms with van der Waals surface area (Å²) < 4.78 is 1.60. The van der Waals surface area contributed by atoms with Crippen molar-refractivity contribution in [1.82, 2.24) is 19.6 Å². The van der Waals surface area contributed by atoms with Crippen LogP contribution in [-0.2, 0) is 0 Å². The van der Waals surface area contributed by atoms with E-state index in [4.69, 9.17) is 0 Å². The molecule has 1 aliphatic heterocycles. The Kier molecular flexibility index (Phi) is 6.34. The normalized spacial score (nSPS) is 14.7. The number of rotatable bonds is 6. The SMILES string of the molecule is Cc1cc2nc3sc(C(=O)NCCCN4CCN(c5ccccc5)CC4)cc(=O)n3c2cc1C. The second kappa shape index (κ2) is 9.56. The minimum absolute atomic E-state index is 0.210. The topological polar surface area (TPSA) is 70.0 Å². The second-order valence-electron chi connectivity index (χ2n) is 8.88. The van der Waals surface area contributed by atoms with Crippen LogP contribution in [-0.4, -0.2) is 59.5 Å². The molecule has 1 fully saturated rings. The number of imidazole rings is 1. The molecule has 1 aliphatic rings. The number of aromatic nitrogens is 2. The summed E-state index contributed by atoms with van der Waals surface area (Å²) in [5.74, 6) is -0.210. The number of carbonyl (C=O) groups excluding carboxylic acids is 1. The number of hydrogen-bond acceptors (Lipinski definition) is 6. The van der Waals surface area contributed by atoms with Crippen LogP contribution in [0.1, 0.15) is 27.2 Å². The first-order valence-electron chi connectivity index (χ1n) is 11.7. The smallest absolute Gasteiger partial charge is 0.261 e. The molecule has 0 radical (unpaired) electrons. The van der Waals surface area contributed by atoms with Crippen LogP contribution in [0.4, 0.5) is 5.69 Å². The van der Waals surface area contributed by atoms with E-state index < -0.39 is 0 Å². The van der Waals surface area contributed by atoms with Crippen molar-refractivity contribution in [2.24, 2.45) is 0 Å². The molecular weight excluding hydrogens is 446 g/mol. The number of amides is 1. The Hall–Kier alpha value is -3.23. The highest BCUT2D eigenvalue weighted by Crippen LogP contribution is 2.22. The van der Waals surface area contributed by atoms with Crippen molar-refractivity contribution in [2.45, 2.75) is 20.3 Å². The van der Waals surface area contributed by atoms with Crippen molar-refractivity contribution >= 4 is 38.9 Å². The molecule has 4 aromatic rings. The van der Waals surface area contributed by atoms with Crippen LogP contribution < -0.4 is 15.8 Å². The zero-order valence-electron chi connectivity index (χ0n) is 19.6. The molecule has 0 atom stereocenters. The van der Waals surface area contributed by atoms with Gasteiger partial charge < -0.3 is 10.2 Å². The molecule has 2 aromatic heterocycles. The van der Waals surface area contributed by atoms with E-state index in [0.717, 1.165) is 61.3 Å². The molecule has 0 unspecified atom stereocenters. The highest BCUT2D eigenvalue weighted by atomic mass is 32.1. The van der Waals surface area contributed by atoms with Gasteiger partial charge in [-0.05, 0) is 62.2 Å². The molecule has 1 N–H and O–H groups in total. The fourth-order valence-electron chi connectivity index (χ4n) is 4.47. The van der Waals surface area contributed by atoms with Crippen LogP contribution in [0.5, 0.6) is 0 Å². The van der Waals surface area contributed by atoms with Crippen LogP contribution >= 0.6 is 11.3 Å². The zero-order valence-corrected chi connectivity index (χ0v) is 20.4. The third-order valence-electron chi connectivity index (χ3n) is 6.57. The lowest BCUT2D eigenvalue weighted by Crippen LogP contribution is -2.47. The number of aryl methyl sites for hydroxylation is 2. The van der Waals surface area contributed by atoms with Crippen LogP contribution in [0, 0.1) is 13.8 Å². The van der Waals surface area contributed by atoms with Gasteiger partial charge in [-0.15, -0.1) is 0 Å². The van der Waals surface area contributed by atoms with Gasteiger partial charge in [0.05, 0.1) is 11.0 Å². The van der Waals surface area contributed by atoms with Gasteiger partial charge in [0.25, 0.3) is 11.5 Å². The molecule has 176 valence electrons. The molecule has 5 rings (SSSR count). The standard InChI is InChI=1S/C26H29N5O2S/c1-18-15-21-22(16-19(18)2)31-24(32)17-23(34-26(31)28-21)25(33)27-9-6-10-29-11-13-30(14-12-29)20-7-4-3-5-8-20/h3-5,7-8,15-17H,6,9-14H2,1-2H3,(H,27,33). The van der Waals surface area contributed by atoms with E-state index in [9.17, 15) is 9.59 Å². The van der Waals surface area contributed by atoms with E-state index in [-0.39, 0.29) is 11.5 Å². The quantitative estimate of drug-likeness (QED) is 0.433. The zero-order chi connectivity index (χ0) is 23.7. The predicted octanol–water partition coefficient (Wildman–Crippen LogP) is 3.47. The van der Waals surface area contributed by atoms with Crippen molar-refractivity contribution in [3.63, 3.8) is 0 Å². The van der Waals surface area contributed by atoms with E-state index in [1.54, 1.807) is 4.40 Å². The lowest BCUT2D eigenvalue weighted by Gasteiger charge is -2.36. The van der Waals surface area contributed by atoms with Crippen LogP contribution in [0.25, 0.3) is 16.0 Å². The van der Waals surface area contributed by atoms with Gasteiger partial charge in [0, 0.05) is 44.5 Å². The summed E-state index contributed by atoms with van der Waals surface area (Å²) in [7, 11) is 0. The highest BCUT2D eigenvalue weighted by molar-refractivity contribution is 7.18. The van der Waals surface area contributed by atoms with Crippen LogP contribution in [0.3, 0.4) is 0 Å². The van der Waals surface area contributed by atoms with Gasteiger partial charge in [-0.2, -0.15) is 0 Å². The third-order valence-corrected chi connectivity index (χ3v) is 7.55. The largest absolute Gasteiger partial charge is 0.369 e. The Bertz CT molecular complexity index is 1390. The summed E-state index contributed by atoms with van der Waals surface area (Å²) in [6.07, 6.45) is 0.875. The number of nitrogens with zero attached hydrogens (tertiary/aromatic N) is 4. The van der Waals surface area contributed by atoms with Gasteiger partial charge in [-0.1, -0.05) is 29.5 Å². The van der Waals surface area contributed by atoms with E-state index >= 15 is 0 Å². The van der Waals surface area contributed by atoms with Gasteiger partial charge in [-0.25, -0.2) is 4.98 Å². The average molecular weight is 476 g/mol. The number of para-hydroxylation sites is 1. The lowest BCUT2D eigenvalue weighted by molar-refractivity contribution is 0.0955. The molecule has 0 saturated carbocycles. The maximum atomic E-state index is 12.8. The first-order chi connectivity index (χ1) is 16.5. The first kappa shape index (κ1) is 22.6. The molecule has 1 amide bonds. The molecule has 34 heavy (non-hydrogen) atoms. The number of fused-ring (bicyclic) bond motifs is 3. The van der Waals surface area contributed by atoms with Crippen molar-refractivity contribution < 1.29 is 4.79 Å². The molecule has 3 heterocycles. The molecule has 0 spiro atoms. The minimum Gasteiger partial charge on any atom is -0.369 e. The maximum absolute atomic E-state index is 12.8. The number of carbonyl (C=O) groups is 1. The fourth-order valence-corrected chi connectivity index (χ4v) is 5.41. The Labute approximate surface area is 202 Å². The predicted molar refractivity (Wildman–Crippen MR) is 138 cm³/mol. The molecule has 0 aliphatic carbocycles. The summed E-state index contributed by atoms with van der Waals surface area (Å²) in [4.78, 5) is 35.9. The van der Waals surface area contributed by atoms with E-state index in [2.05, 4.69) is 44.4 Å². The number of piperazine rings is 1. The second-order valence-corrected chi connectivity index (χ2v) is 9.89. The van der Waals surface area contributed by atoms with Gasteiger partial charge >= 0.3 is 0 Å². The molecular formula is C26H29N5O2S.